The highest BCUT2D eigenvalue weighted by Gasteiger charge is 2.44. The van der Waals surface area contributed by atoms with Crippen molar-refractivity contribution in [3.05, 3.63) is 29.8 Å². The second-order valence-electron chi connectivity index (χ2n) is 5.80. The van der Waals surface area contributed by atoms with Gasteiger partial charge in [-0.15, -0.1) is 12.4 Å². The van der Waals surface area contributed by atoms with Gasteiger partial charge in [-0.1, -0.05) is 0 Å². The van der Waals surface area contributed by atoms with Crippen LogP contribution in [0.2, 0.25) is 0 Å². The summed E-state index contributed by atoms with van der Waals surface area (Å²) in [4.78, 5) is 12.5. The molecular formula is C15H22ClF3N4O3S. The van der Waals surface area contributed by atoms with Gasteiger partial charge in [-0.05, 0) is 24.3 Å². The molecule has 1 saturated heterocycles. The first-order chi connectivity index (χ1) is 12.1. The number of nitrogens with zero attached hydrogens (tertiary/aromatic N) is 1. The Kier molecular flexibility index (Phi) is 8.48. The van der Waals surface area contributed by atoms with Gasteiger partial charge in [-0.25, -0.2) is 13.1 Å². The molecule has 12 heteroatoms. The number of rotatable bonds is 6. The molecule has 1 heterocycles. The van der Waals surface area contributed by atoms with Crippen LogP contribution < -0.4 is 15.4 Å². The van der Waals surface area contributed by atoms with Crippen LogP contribution in [0.25, 0.3) is 0 Å². The van der Waals surface area contributed by atoms with E-state index in [4.69, 9.17) is 0 Å². The molecule has 1 fully saturated rings. The smallest absolute Gasteiger partial charge is 0.355 e. The molecule has 1 aromatic rings. The molecular weight excluding hydrogens is 409 g/mol. The number of carbonyl (C=O) groups excluding carboxylic acids is 1. The summed E-state index contributed by atoms with van der Waals surface area (Å²) in [6.07, 6.45) is -4.55. The van der Waals surface area contributed by atoms with E-state index in [9.17, 15) is 26.4 Å². The third-order valence-corrected chi connectivity index (χ3v) is 5.53. The van der Waals surface area contributed by atoms with Crippen LogP contribution >= 0.6 is 12.4 Å². The highest BCUT2D eigenvalue weighted by atomic mass is 35.5. The van der Waals surface area contributed by atoms with Gasteiger partial charge in [0.05, 0.1) is 4.90 Å². The summed E-state index contributed by atoms with van der Waals surface area (Å²) in [5.41, 5.74) is 0.250. The van der Waals surface area contributed by atoms with Crippen LogP contribution in [-0.4, -0.2) is 71.2 Å². The molecule has 27 heavy (non-hydrogen) atoms. The van der Waals surface area contributed by atoms with Crippen LogP contribution in [0.3, 0.4) is 0 Å². The maximum Gasteiger partial charge on any atom is 0.405 e. The topological polar surface area (TPSA) is 90.5 Å². The van der Waals surface area contributed by atoms with Crippen molar-refractivity contribution in [2.45, 2.75) is 17.1 Å². The quantitative estimate of drug-likeness (QED) is 0.614. The molecule has 0 spiro atoms. The number of nitrogens with one attached hydrogen (secondary N) is 3. The molecule has 1 amide bonds. The van der Waals surface area contributed by atoms with Crippen molar-refractivity contribution in [2.24, 2.45) is 0 Å². The van der Waals surface area contributed by atoms with Crippen LogP contribution in [-0.2, 0) is 10.0 Å². The number of alkyl halides is 3. The number of sulfonamides is 1. The summed E-state index contributed by atoms with van der Waals surface area (Å²) in [6.45, 7) is 0.434. The SMILES string of the molecule is CNC(=O)c1ccc(S(=O)(=O)NCC(N2CCNCC2)C(F)(F)F)cc1.Cl. The predicted molar refractivity (Wildman–Crippen MR) is 96.6 cm³/mol. The zero-order valence-electron chi connectivity index (χ0n) is 14.5. The lowest BCUT2D eigenvalue weighted by Gasteiger charge is -2.35. The summed E-state index contributed by atoms with van der Waals surface area (Å²) >= 11 is 0. The number of hydrogen-bond donors (Lipinski definition) is 3. The zero-order valence-corrected chi connectivity index (χ0v) is 16.2. The first-order valence-electron chi connectivity index (χ1n) is 7.98. The van der Waals surface area contributed by atoms with Crippen molar-refractivity contribution < 1.29 is 26.4 Å². The fourth-order valence-corrected chi connectivity index (χ4v) is 3.69. The Morgan fingerprint density at radius 2 is 1.78 bits per heavy atom. The first kappa shape index (κ1) is 23.6. The average Bonchev–Trinajstić information content (AvgIpc) is 2.61. The number of halogens is 4. The molecule has 1 aliphatic rings. The largest absolute Gasteiger partial charge is 0.405 e. The fourth-order valence-electron chi connectivity index (χ4n) is 2.65. The van der Waals surface area contributed by atoms with Gasteiger partial charge >= 0.3 is 6.18 Å². The van der Waals surface area contributed by atoms with Crippen LogP contribution in [0.15, 0.2) is 29.2 Å². The van der Waals surface area contributed by atoms with E-state index >= 15 is 0 Å². The second kappa shape index (κ2) is 9.69. The van der Waals surface area contributed by atoms with Gasteiger partial charge < -0.3 is 10.6 Å². The summed E-state index contributed by atoms with van der Waals surface area (Å²) < 4.78 is 66.6. The van der Waals surface area contributed by atoms with Gasteiger partial charge in [-0.3, -0.25) is 9.69 Å². The number of piperazine rings is 1. The lowest BCUT2D eigenvalue weighted by atomic mass is 10.2. The molecule has 7 nitrogen and oxygen atoms in total. The third kappa shape index (κ3) is 6.32. The van der Waals surface area contributed by atoms with Crippen molar-refractivity contribution >= 4 is 28.3 Å². The van der Waals surface area contributed by atoms with Gasteiger partial charge in [-0.2, -0.15) is 13.2 Å². The molecule has 0 saturated carbocycles. The molecule has 1 atom stereocenters. The van der Waals surface area contributed by atoms with Gasteiger partial charge in [0, 0.05) is 45.3 Å². The molecule has 3 N–H and O–H groups in total. The Hall–Kier alpha value is -1.40. The normalized spacial score (nSPS) is 17.0. The van der Waals surface area contributed by atoms with E-state index in [1.807, 2.05) is 4.72 Å². The third-order valence-electron chi connectivity index (χ3n) is 4.09. The van der Waals surface area contributed by atoms with Crippen molar-refractivity contribution in [1.82, 2.24) is 20.3 Å². The summed E-state index contributed by atoms with van der Waals surface area (Å²) in [5, 5.41) is 5.35. The number of benzene rings is 1. The predicted octanol–water partition coefficient (Wildman–Crippen LogP) is 0.582. The van der Waals surface area contributed by atoms with Crippen LogP contribution in [0.4, 0.5) is 13.2 Å². The van der Waals surface area contributed by atoms with Crippen molar-refractivity contribution in [2.75, 3.05) is 39.8 Å². The number of carbonyl (C=O) groups is 1. The highest BCUT2D eigenvalue weighted by molar-refractivity contribution is 7.89. The Balaban J connectivity index is 0.00000364. The van der Waals surface area contributed by atoms with E-state index in [2.05, 4.69) is 10.6 Å². The van der Waals surface area contributed by atoms with Gasteiger partial charge in [0.25, 0.3) is 5.91 Å². The summed E-state index contributed by atoms with van der Waals surface area (Å²) in [5.74, 6) is -0.391. The van der Waals surface area contributed by atoms with Crippen LogP contribution in [0, 0.1) is 0 Å². The Morgan fingerprint density at radius 3 is 2.26 bits per heavy atom. The minimum atomic E-state index is -4.55. The highest BCUT2D eigenvalue weighted by Crippen LogP contribution is 2.25. The maximum absolute atomic E-state index is 13.3. The van der Waals surface area contributed by atoms with Crippen molar-refractivity contribution in [3.63, 3.8) is 0 Å². The molecule has 1 unspecified atom stereocenters. The van der Waals surface area contributed by atoms with E-state index in [0.717, 1.165) is 0 Å². The molecule has 154 valence electrons. The van der Waals surface area contributed by atoms with Crippen LogP contribution in [0.5, 0.6) is 0 Å². The molecule has 0 aromatic heterocycles. The van der Waals surface area contributed by atoms with E-state index < -0.39 is 34.7 Å². The van der Waals surface area contributed by atoms with E-state index in [1.54, 1.807) is 0 Å². The Bertz CT molecular complexity index is 723. The first-order valence-corrected chi connectivity index (χ1v) is 9.47. The molecule has 0 bridgehead atoms. The van der Waals surface area contributed by atoms with Gasteiger partial charge in [0.15, 0.2) is 0 Å². The maximum atomic E-state index is 13.3. The van der Waals surface area contributed by atoms with E-state index in [1.165, 1.54) is 36.2 Å². The Morgan fingerprint density at radius 1 is 1.22 bits per heavy atom. The lowest BCUT2D eigenvalue weighted by molar-refractivity contribution is -0.182. The molecule has 1 aromatic carbocycles. The van der Waals surface area contributed by atoms with Gasteiger partial charge in [0.1, 0.15) is 6.04 Å². The van der Waals surface area contributed by atoms with Crippen molar-refractivity contribution in [1.29, 1.82) is 0 Å². The molecule has 1 aliphatic heterocycles. The average molecular weight is 431 g/mol. The minimum Gasteiger partial charge on any atom is -0.355 e. The lowest BCUT2D eigenvalue weighted by Crippen LogP contribution is -2.57. The molecule has 0 radical (unpaired) electrons. The van der Waals surface area contributed by atoms with E-state index in [0.29, 0.717) is 13.1 Å². The number of hydrogen-bond acceptors (Lipinski definition) is 5. The van der Waals surface area contributed by atoms with E-state index in [-0.39, 0.29) is 36.0 Å². The summed E-state index contributed by atoms with van der Waals surface area (Å²) in [6, 6.07) is 3.06. The molecule has 2 rings (SSSR count). The fraction of sp³-hybridized carbons (Fsp3) is 0.533. The summed E-state index contributed by atoms with van der Waals surface area (Å²) in [7, 11) is -2.69. The zero-order chi connectivity index (χ0) is 19.4. The van der Waals surface area contributed by atoms with Crippen molar-refractivity contribution in [3.8, 4) is 0 Å². The Labute approximate surface area is 162 Å². The monoisotopic (exact) mass is 430 g/mol. The molecule has 0 aliphatic carbocycles. The minimum absolute atomic E-state index is 0. The number of amides is 1. The second-order valence-corrected chi connectivity index (χ2v) is 7.57. The van der Waals surface area contributed by atoms with Crippen LogP contribution in [0.1, 0.15) is 10.4 Å². The standard InChI is InChI=1S/C15H21F3N4O3S.ClH/c1-19-14(23)11-2-4-12(5-3-11)26(24,25)21-10-13(15(16,17)18)22-8-6-20-7-9-22;/h2-5,13,20-21H,6-10H2,1H3,(H,19,23);1H. The van der Waals surface area contributed by atoms with Gasteiger partial charge in [0.2, 0.25) is 10.0 Å².